The van der Waals surface area contributed by atoms with Crippen molar-refractivity contribution in [1.29, 1.82) is 0 Å². The molecule has 486 valence electrons. The highest BCUT2D eigenvalue weighted by molar-refractivity contribution is 7.47. The maximum Gasteiger partial charge on any atom is 0.472 e. The summed E-state index contributed by atoms with van der Waals surface area (Å²) in [6, 6.07) is 0. The summed E-state index contributed by atoms with van der Waals surface area (Å²) < 4.78 is 33.2. The van der Waals surface area contributed by atoms with Crippen molar-refractivity contribution in [2.75, 3.05) is 26.4 Å². The number of allylic oxidation sites excluding steroid dienone is 16. The van der Waals surface area contributed by atoms with E-state index in [9.17, 15) is 19.0 Å². The Morgan fingerprint density at radius 3 is 0.976 bits per heavy atom. The van der Waals surface area contributed by atoms with Crippen LogP contribution in [0.4, 0.5) is 0 Å². The van der Waals surface area contributed by atoms with Gasteiger partial charge in [0.25, 0.3) is 0 Å². The Morgan fingerprint density at radius 1 is 0.369 bits per heavy atom. The summed E-state index contributed by atoms with van der Waals surface area (Å²) >= 11 is 0. The summed E-state index contributed by atoms with van der Waals surface area (Å²) in [6.45, 7) is 3.68. The number of nitrogens with two attached hydrogens (primary N) is 1. The van der Waals surface area contributed by atoms with E-state index in [-0.39, 0.29) is 38.6 Å². The summed E-state index contributed by atoms with van der Waals surface area (Å²) in [7, 11) is -4.39. The Bertz CT molecular complexity index is 1700. The van der Waals surface area contributed by atoms with Gasteiger partial charge in [-0.3, -0.25) is 18.6 Å². The number of ether oxygens (including phenoxy) is 2. The molecule has 0 radical (unpaired) electrons. The molecule has 0 saturated carbocycles. The van der Waals surface area contributed by atoms with Gasteiger partial charge in [0, 0.05) is 19.4 Å². The summed E-state index contributed by atoms with van der Waals surface area (Å²) in [4.78, 5) is 35.4. The SMILES string of the molecule is CC/C=C\C/C=C\C/C=C\C/C=C\C/C=C\C/C=C\C/C=C\C/C=C\CCCCCCCCCCCCCCCCC(=O)OC(COC(=O)CCCCCCCCCCCCCCCCCCCCCCCCCC)COP(=O)(O)OCCN. The van der Waals surface area contributed by atoms with E-state index in [1.165, 1.54) is 205 Å². The van der Waals surface area contributed by atoms with Crippen LogP contribution in [0.2, 0.25) is 0 Å². The molecule has 0 amide bonds. The maximum atomic E-state index is 12.8. The summed E-state index contributed by atoms with van der Waals surface area (Å²) in [5, 5.41) is 0. The largest absolute Gasteiger partial charge is 0.472 e. The lowest BCUT2D eigenvalue weighted by molar-refractivity contribution is -0.161. The number of carbonyl (C=O) groups is 2. The molecule has 0 aliphatic heterocycles. The maximum absolute atomic E-state index is 12.8. The van der Waals surface area contributed by atoms with Crippen LogP contribution < -0.4 is 5.73 Å². The van der Waals surface area contributed by atoms with E-state index >= 15 is 0 Å². The molecule has 0 rings (SSSR count). The quantitative estimate of drug-likeness (QED) is 0.0264. The fraction of sp³-hybridized carbons (Fsp3) is 0.757. The molecule has 0 aliphatic rings. The Balaban J connectivity index is 3.87. The third-order valence-electron chi connectivity index (χ3n) is 15.2. The average Bonchev–Trinajstić information content (AvgIpc) is 3.58. The van der Waals surface area contributed by atoms with Crippen molar-refractivity contribution >= 4 is 19.8 Å². The van der Waals surface area contributed by atoms with Crippen molar-refractivity contribution in [3.8, 4) is 0 Å². The molecule has 2 atom stereocenters. The molecule has 10 heteroatoms. The highest BCUT2D eigenvalue weighted by Crippen LogP contribution is 2.43. The molecular weight excluding hydrogens is 1060 g/mol. The lowest BCUT2D eigenvalue weighted by Gasteiger charge is -2.19. The number of phosphoric ester groups is 1. The van der Waals surface area contributed by atoms with E-state index in [4.69, 9.17) is 24.3 Å². The molecule has 3 N–H and O–H groups in total. The number of rotatable bonds is 66. The average molecular weight is 1190 g/mol. The van der Waals surface area contributed by atoms with Crippen LogP contribution in [-0.2, 0) is 32.7 Å². The molecular formula is C74H132NO8P. The summed E-state index contributed by atoms with van der Waals surface area (Å²) in [5.74, 6) is -0.815. The van der Waals surface area contributed by atoms with Crippen molar-refractivity contribution < 1.29 is 37.6 Å². The molecule has 84 heavy (non-hydrogen) atoms. The second-order valence-electron chi connectivity index (χ2n) is 23.4. The minimum absolute atomic E-state index is 0.0524. The Labute approximate surface area is 518 Å². The van der Waals surface area contributed by atoms with E-state index in [0.29, 0.717) is 6.42 Å². The highest BCUT2D eigenvalue weighted by Gasteiger charge is 2.26. The number of phosphoric acid groups is 1. The highest BCUT2D eigenvalue weighted by atomic mass is 31.2. The molecule has 2 unspecified atom stereocenters. The van der Waals surface area contributed by atoms with Crippen molar-refractivity contribution in [3.05, 3.63) is 97.2 Å². The standard InChI is InChI=1S/C74H132NO8P/c1-3-5-7-9-11-13-15-17-19-21-23-25-27-29-30-31-32-33-34-35-36-37-38-39-40-41-42-43-45-47-49-51-53-55-57-59-61-63-65-67-74(77)83-72(71-82-84(78,79)81-69-68-75)70-80-73(76)66-64-62-60-58-56-54-52-50-48-46-44-28-26-24-22-20-18-16-14-12-10-8-6-4-2/h5,7,11,13,17,19,23,25,29-30,32-33,35-36,38-39,72H,3-4,6,8-10,12,14-16,18,20-22,24,26-28,31,34,37,40-71,75H2,1-2H3,(H,78,79)/b7-5-,13-11-,19-17-,25-23-,30-29-,33-32-,36-35-,39-38-. The zero-order chi connectivity index (χ0) is 60.9. The fourth-order valence-electron chi connectivity index (χ4n) is 10.1. The Kier molecular flexibility index (Phi) is 66.5. The van der Waals surface area contributed by atoms with Gasteiger partial charge in [0.05, 0.1) is 13.2 Å². The van der Waals surface area contributed by atoms with Crippen molar-refractivity contribution in [1.82, 2.24) is 0 Å². The molecule has 0 spiro atoms. The number of hydrogen-bond acceptors (Lipinski definition) is 8. The molecule has 0 fully saturated rings. The van der Waals surface area contributed by atoms with Gasteiger partial charge in [0.2, 0.25) is 0 Å². The van der Waals surface area contributed by atoms with Gasteiger partial charge in [-0.25, -0.2) is 4.57 Å². The van der Waals surface area contributed by atoms with Gasteiger partial charge in [-0.1, -0.05) is 336 Å². The zero-order valence-corrected chi connectivity index (χ0v) is 55.5. The van der Waals surface area contributed by atoms with Crippen LogP contribution in [0.3, 0.4) is 0 Å². The van der Waals surface area contributed by atoms with Gasteiger partial charge in [-0.05, 0) is 77.0 Å². The Morgan fingerprint density at radius 2 is 0.655 bits per heavy atom. The van der Waals surface area contributed by atoms with Crippen LogP contribution in [0, 0.1) is 0 Å². The number of carbonyl (C=O) groups excluding carboxylic acids is 2. The van der Waals surface area contributed by atoms with Gasteiger partial charge in [-0.15, -0.1) is 0 Å². The van der Waals surface area contributed by atoms with Gasteiger partial charge in [0.1, 0.15) is 6.61 Å². The number of hydrogen-bond donors (Lipinski definition) is 2. The lowest BCUT2D eigenvalue weighted by atomic mass is 10.0. The van der Waals surface area contributed by atoms with E-state index in [1.54, 1.807) is 0 Å². The molecule has 9 nitrogen and oxygen atoms in total. The molecule has 0 heterocycles. The van der Waals surface area contributed by atoms with Gasteiger partial charge >= 0.3 is 19.8 Å². The molecule has 0 aromatic carbocycles. The van der Waals surface area contributed by atoms with E-state index in [2.05, 4.69) is 111 Å². The first-order chi connectivity index (χ1) is 41.3. The minimum atomic E-state index is -4.39. The first-order valence-electron chi connectivity index (χ1n) is 35.2. The molecule has 0 aromatic heterocycles. The topological polar surface area (TPSA) is 134 Å². The fourth-order valence-corrected chi connectivity index (χ4v) is 10.8. The molecule has 0 aliphatic carbocycles. The molecule has 0 bridgehead atoms. The van der Waals surface area contributed by atoms with E-state index < -0.39 is 26.5 Å². The van der Waals surface area contributed by atoms with Gasteiger partial charge in [0.15, 0.2) is 6.10 Å². The van der Waals surface area contributed by atoms with Crippen molar-refractivity contribution in [2.24, 2.45) is 5.73 Å². The first-order valence-corrected chi connectivity index (χ1v) is 36.7. The van der Waals surface area contributed by atoms with Crippen LogP contribution in [0.25, 0.3) is 0 Å². The van der Waals surface area contributed by atoms with Crippen LogP contribution >= 0.6 is 7.82 Å². The van der Waals surface area contributed by atoms with Crippen LogP contribution in [0.1, 0.15) is 328 Å². The van der Waals surface area contributed by atoms with E-state index in [1.807, 2.05) is 0 Å². The predicted molar refractivity (Wildman–Crippen MR) is 362 cm³/mol. The van der Waals surface area contributed by atoms with E-state index in [0.717, 1.165) is 89.9 Å². The van der Waals surface area contributed by atoms with Gasteiger partial charge in [-0.2, -0.15) is 0 Å². The smallest absolute Gasteiger partial charge is 0.462 e. The molecule has 0 saturated heterocycles. The third kappa shape index (κ3) is 68.0. The second-order valence-corrected chi connectivity index (χ2v) is 24.8. The monoisotopic (exact) mass is 1190 g/mol. The van der Waals surface area contributed by atoms with Crippen LogP contribution in [0.5, 0.6) is 0 Å². The van der Waals surface area contributed by atoms with Crippen LogP contribution in [-0.4, -0.2) is 49.3 Å². The Hall–Kier alpha value is -3.07. The summed E-state index contributed by atoms with van der Waals surface area (Å²) in [6.07, 6.45) is 93.6. The molecule has 0 aromatic rings. The lowest BCUT2D eigenvalue weighted by Crippen LogP contribution is -2.29. The van der Waals surface area contributed by atoms with Gasteiger partial charge < -0.3 is 20.1 Å². The second kappa shape index (κ2) is 69.0. The van der Waals surface area contributed by atoms with Crippen LogP contribution in [0.15, 0.2) is 97.2 Å². The minimum Gasteiger partial charge on any atom is -0.462 e. The third-order valence-corrected chi connectivity index (χ3v) is 16.2. The zero-order valence-electron chi connectivity index (χ0n) is 54.6. The van der Waals surface area contributed by atoms with Crippen molar-refractivity contribution in [2.45, 2.75) is 335 Å². The number of unbranched alkanes of at least 4 members (excludes halogenated alkanes) is 37. The normalized spacial score (nSPS) is 13.5. The van der Waals surface area contributed by atoms with Crippen molar-refractivity contribution in [3.63, 3.8) is 0 Å². The first kappa shape index (κ1) is 80.9. The predicted octanol–water partition coefficient (Wildman–Crippen LogP) is 23.1. The summed E-state index contributed by atoms with van der Waals surface area (Å²) in [5.41, 5.74) is 5.40. The number of esters is 2.